The van der Waals surface area contributed by atoms with Gasteiger partial charge in [-0.15, -0.1) is 0 Å². The minimum Gasteiger partial charge on any atom is -0.325 e. The fourth-order valence-electron chi connectivity index (χ4n) is 1.85. The Morgan fingerprint density at radius 2 is 1.67 bits per heavy atom. The van der Waals surface area contributed by atoms with Crippen LogP contribution in [0.25, 0.3) is 0 Å². The summed E-state index contributed by atoms with van der Waals surface area (Å²) in [4.78, 5) is 11.9. The first-order valence-electron chi connectivity index (χ1n) is 6.07. The highest BCUT2D eigenvalue weighted by Gasteiger charge is 2.33. The van der Waals surface area contributed by atoms with E-state index in [1.165, 1.54) is 18.2 Å². The van der Waals surface area contributed by atoms with Gasteiger partial charge in [-0.25, -0.2) is 0 Å². The van der Waals surface area contributed by atoms with Gasteiger partial charge in [-0.05, 0) is 23.8 Å². The monoisotopic (exact) mass is 313 g/mol. The second-order valence-electron chi connectivity index (χ2n) is 4.36. The van der Waals surface area contributed by atoms with Gasteiger partial charge in [0.2, 0.25) is 5.91 Å². The van der Waals surface area contributed by atoms with Gasteiger partial charge in [-0.1, -0.05) is 41.9 Å². The minimum absolute atomic E-state index is 0.0914. The van der Waals surface area contributed by atoms with Crippen molar-refractivity contribution in [3.8, 4) is 0 Å². The van der Waals surface area contributed by atoms with Crippen LogP contribution in [-0.4, -0.2) is 5.91 Å². The van der Waals surface area contributed by atoms with Crippen LogP contribution in [0.2, 0.25) is 5.02 Å². The predicted octanol–water partition coefficient (Wildman–Crippen LogP) is 4.54. The Bertz CT molecular complexity index is 655. The lowest BCUT2D eigenvalue weighted by Gasteiger charge is -2.13. The highest BCUT2D eigenvalue weighted by Crippen LogP contribution is 2.34. The molecule has 1 N–H and O–H groups in total. The summed E-state index contributed by atoms with van der Waals surface area (Å²) in [6.45, 7) is 0. The van der Waals surface area contributed by atoms with Crippen LogP contribution in [0.15, 0.2) is 48.5 Å². The molecule has 0 aliphatic rings. The van der Waals surface area contributed by atoms with Crippen molar-refractivity contribution in [3.05, 3.63) is 64.7 Å². The van der Waals surface area contributed by atoms with E-state index >= 15 is 0 Å². The Morgan fingerprint density at radius 1 is 1.05 bits per heavy atom. The van der Waals surface area contributed by atoms with Crippen molar-refractivity contribution >= 4 is 23.2 Å². The summed E-state index contributed by atoms with van der Waals surface area (Å²) in [5, 5.41) is 2.67. The van der Waals surface area contributed by atoms with Crippen LogP contribution in [0, 0.1) is 0 Å². The Kier molecular flexibility index (Phi) is 4.53. The summed E-state index contributed by atoms with van der Waals surface area (Å²) in [7, 11) is 0. The van der Waals surface area contributed by atoms with Gasteiger partial charge in [0.25, 0.3) is 0 Å². The van der Waals surface area contributed by atoms with Crippen molar-refractivity contribution in [1.29, 1.82) is 0 Å². The molecule has 2 aromatic carbocycles. The molecular formula is C15H11ClF3NO. The third-order valence-electron chi connectivity index (χ3n) is 2.82. The molecule has 2 rings (SSSR count). The highest BCUT2D eigenvalue weighted by atomic mass is 35.5. The maximum atomic E-state index is 12.8. The smallest absolute Gasteiger partial charge is 0.325 e. The molecule has 21 heavy (non-hydrogen) atoms. The summed E-state index contributed by atoms with van der Waals surface area (Å²) in [5.74, 6) is -0.556. The van der Waals surface area contributed by atoms with Crippen molar-refractivity contribution in [1.82, 2.24) is 0 Å². The van der Waals surface area contributed by atoms with Crippen molar-refractivity contribution in [3.63, 3.8) is 0 Å². The van der Waals surface area contributed by atoms with E-state index in [1.54, 1.807) is 24.3 Å². The van der Waals surface area contributed by atoms with Crippen molar-refractivity contribution in [2.75, 3.05) is 5.32 Å². The summed E-state index contributed by atoms with van der Waals surface area (Å²) >= 11 is 5.92. The molecule has 0 aromatic heterocycles. The van der Waals surface area contributed by atoms with Gasteiger partial charge in [-0.3, -0.25) is 4.79 Å². The molecular weight excluding hydrogens is 303 g/mol. The Balaban J connectivity index is 2.16. The van der Waals surface area contributed by atoms with Gasteiger partial charge in [0.15, 0.2) is 0 Å². The lowest BCUT2D eigenvalue weighted by molar-refractivity contribution is -0.137. The highest BCUT2D eigenvalue weighted by molar-refractivity contribution is 6.31. The number of carbonyl (C=O) groups excluding carboxylic acids is 1. The number of anilines is 1. The van der Waals surface area contributed by atoms with E-state index in [0.29, 0.717) is 10.6 Å². The Labute approximate surface area is 124 Å². The fourth-order valence-corrected chi connectivity index (χ4v) is 2.05. The maximum Gasteiger partial charge on any atom is 0.418 e. The molecule has 0 radical (unpaired) electrons. The zero-order valence-corrected chi connectivity index (χ0v) is 11.5. The second kappa shape index (κ2) is 6.18. The Hall–Kier alpha value is -2.01. The number of hydrogen-bond donors (Lipinski definition) is 1. The van der Waals surface area contributed by atoms with E-state index < -0.39 is 17.6 Å². The third kappa shape index (κ3) is 3.98. The van der Waals surface area contributed by atoms with Gasteiger partial charge in [0, 0.05) is 5.02 Å². The molecule has 0 heterocycles. The molecule has 0 fully saturated rings. The molecule has 0 unspecified atom stereocenters. The molecule has 0 atom stereocenters. The lowest BCUT2D eigenvalue weighted by Crippen LogP contribution is -2.18. The first-order chi connectivity index (χ1) is 9.88. The average molecular weight is 314 g/mol. The first-order valence-corrected chi connectivity index (χ1v) is 6.45. The fraction of sp³-hybridized carbons (Fsp3) is 0.133. The van der Waals surface area contributed by atoms with Crippen LogP contribution in [0.3, 0.4) is 0 Å². The van der Waals surface area contributed by atoms with E-state index in [0.717, 1.165) is 6.07 Å². The van der Waals surface area contributed by atoms with Crippen molar-refractivity contribution in [2.24, 2.45) is 0 Å². The summed E-state index contributed by atoms with van der Waals surface area (Å²) in [5.41, 5.74) is -0.583. The van der Waals surface area contributed by atoms with Gasteiger partial charge >= 0.3 is 6.18 Å². The quantitative estimate of drug-likeness (QED) is 0.885. The molecule has 2 nitrogen and oxygen atoms in total. The van der Waals surface area contributed by atoms with Crippen LogP contribution in [-0.2, 0) is 17.4 Å². The average Bonchev–Trinajstić information content (AvgIpc) is 2.41. The maximum absolute atomic E-state index is 12.8. The minimum atomic E-state index is -4.52. The molecule has 1 amide bonds. The normalized spacial score (nSPS) is 11.2. The zero-order valence-electron chi connectivity index (χ0n) is 10.7. The van der Waals surface area contributed by atoms with Gasteiger partial charge in [0.05, 0.1) is 17.7 Å². The number of benzene rings is 2. The van der Waals surface area contributed by atoms with E-state index in [-0.39, 0.29) is 12.1 Å². The molecule has 0 saturated carbocycles. The second-order valence-corrected chi connectivity index (χ2v) is 4.77. The summed E-state index contributed by atoms with van der Waals surface area (Å²) in [6.07, 6.45) is -4.61. The number of nitrogens with one attached hydrogen (secondary N) is 1. The summed E-state index contributed by atoms with van der Waals surface area (Å²) < 4.78 is 38.5. The van der Waals surface area contributed by atoms with Crippen molar-refractivity contribution < 1.29 is 18.0 Å². The largest absolute Gasteiger partial charge is 0.418 e. The number of alkyl halides is 3. The van der Waals surface area contributed by atoms with Crippen LogP contribution in [0.1, 0.15) is 11.1 Å². The molecule has 0 spiro atoms. The topological polar surface area (TPSA) is 29.1 Å². The van der Waals surface area contributed by atoms with E-state index in [4.69, 9.17) is 11.6 Å². The molecule has 2 aromatic rings. The van der Waals surface area contributed by atoms with Crippen molar-refractivity contribution in [2.45, 2.75) is 12.6 Å². The predicted molar refractivity (Wildman–Crippen MR) is 75.2 cm³/mol. The van der Waals surface area contributed by atoms with Gasteiger partial charge in [0.1, 0.15) is 0 Å². The Morgan fingerprint density at radius 3 is 2.33 bits per heavy atom. The SMILES string of the molecule is O=C(Cc1ccccc1Cl)Nc1ccccc1C(F)(F)F. The van der Waals surface area contributed by atoms with Crippen LogP contribution in [0.5, 0.6) is 0 Å². The lowest BCUT2D eigenvalue weighted by atomic mass is 10.1. The molecule has 0 saturated heterocycles. The van der Waals surface area contributed by atoms with Crippen LogP contribution in [0.4, 0.5) is 18.9 Å². The zero-order chi connectivity index (χ0) is 15.5. The number of hydrogen-bond acceptors (Lipinski definition) is 1. The van der Waals surface area contributed by atoms with E-state index in [2.05, 4.69) is 5.32 Å². The molecule has 0 bridgehead atoms. The summed E-state index contributed by atoms with van der Waals surface area (Å²) in [6, 6.07) is 11.5. The van der Waals surface area contributed by atoms with Crippen LogP contribution >= 0.6 is 11.6 Å². The molecule has 0 aliphatic carbocycles. The number of amides is 1. The number of carbonyl (C=O) groups is 1. The molecule has 6 heteroatoms. The molecule has 110 valence electrons. The standard InChI is InChI=1S/C15H11ClF3NO/c16-12-7-3-1-5-10(12)9-14(21)20-13-8-4-2-6-11(13)15(17,18)19/h1-8H,9H2,(H,20,21). The van der Waals surface area contributed by atoms with E-state index in [9.17, 15) is 18.0 Å². The van der Waals surface area contributed by atoms with Gasteiger partial charge in [-0.2, -0.15) is 13.2 Å². The number of para-hydroxylation sites is 1. The third-order valence-corrected chi connectivity index (χ3v) is 3.18. The molecule has 0 aliphatic heterocycles. The van der Waals surface area contributed by atoms with Crippen LogP contribution < -0.4 is 5.32 Å². The first kappa shape index (κ1) is 15.4. The van der Waals surface area contributed by atoms with Gasteiger partial charge < -0.3 is 5.32 Å². The van der Waals surface area contributed by atoms with E-state index in [1.807, 2.05) is 0 Å². The number of rotatable bonds is 3. The number of halogens is 4.